The number of likely N-dealkylation sites (N-methyl/N-ethyl adjacent to an activating group) is 1. The number of nitrogens with zero attached hydrogens (tertiary/aromatic N) is 5. The highest BCUT2D eigenvalue weighted by Gasteiger charge is 2.19. The zero-order chi connectivity index (χ0) is 24.4. The van der Waals surface area contributed by atoms with Crippen LogP contribution in [0.2, 0.25) is 0 Å². The molecule has 3 aromatic rings. The van der Waals surface area contributed by atoms with Crippen LogP contribution in [-0.2, 0) is 13.0 Å². The normalized spacial score (nSPS) is 13.2. The molecule has 0 atom stereocenters. The van der Waals surface area contributed by atoms with Crippen molar-refractivity contribution in [2.75, 3.05) is 38.3 Å². The van der Waals surface area contributed by atoms with Crippen molar-refractivity contribution in [3.63, 3.8) is 0 Å². The smallest absolute Gasteiger partial charge is 0.273 e. The minimum absolute atomic E-state index is 0.00470. The third-order valence-electron chi connectivity index (χ3n) is 5.46. The summed E-state index contributed by atoms with van der Waals surface area (Å²) >= 11 is 0. The van der Waals surface area contributed by atoms with Crippen molar-refractivity contribution >= 4 is 35.0 Å². The summed E-state index contributed by atoms with van der Waals surface area (Å²) in [5, 5.41) is 13.6. The van der Waals surface area contributed by atoms with Gasteiger partial charge in [-0.25, -0.2) is 4.39 Å². The lowest BCUT2D eigenvalue weighted by atomic mass is 9.99. The van der Waals surface area contributed by atoms with E-state index in [-0.39, 0.29) is 29.1 Å². The summed E-state index contributed by atoms with van der Waals surface area (Å²) in [6, 6.07) is 9.86. The molecular weight excluding hydrogens is 439 g/mol. The van der Waals surface area contributed by atoms with E-state index in [1.54, 1.807) is 44.4 Å². The van der Waals surface area contributed by atoms with Crippen LogP contribution in [-0.4, -0.2) is 64.5 Å². The Labute approximate surface area is 196 Å². The third kappa shape index (κ3) is 4.94. The Morgan fingerprint density at radius 3 is 2.50 bits per heavy atom. The predicted octanol–water partition coefficient (Wildman–Crippen LogP) is 2.29. The Balaban J connectivity index is 1.60. The minimum atomic E-state index is -0.823. The van der Waals surface area contributed by atoms with Gasteiger partial charge in [0.05, 0.1) is 5.69 Å². The Morgan fingerprint density at radius 2 is 1.82 bits per heavy atom. The van der Waals surface area contributed by atoms with E-state index in [4.69, 9.17) is 5.73 Å². The topological polar surface area (TPSA) is 129 Å². The van der Waals surface area contributed by atoms with E-state index in [2.05, 4.69) is 30.7 Å². The molecule has 0 saturated carbocycles. The number of primary amides is 1. The van der Waals surface area contributed by atoms with Gasteiger partial charge in [0.2, 0.25) is 5.95 Å². The fourth-order valence-corrected chi connectivity index (χ4v) is 3.66. The molecule has 0 aliphatic carbocycles. The van der Waals surface area contributed by atoms with Crippen molar-refractivity contribution in [3.8, 4) is 0 Å². The molecule has 34 heavy (non-hydrogen) atoms. The molecule has 10 nitrogen and oxygen atoms in total. The summed E-state index contributed by atoms with van der Waals surface area (Å²) in [5.74, 6) is -1.35. The van der Waals surface area contributed by atoms with Gasteiger partial charge in [-0.05, 0) is 61.0 Å². The molecule has 1 aliphatic heterocycles. The van der Waals surface area contributed by atoms with E-state index in [9.17, 15) is 14.0 Å². The second-order valence-electron chi connectivity index (χ2n) is 8.31. The lowest BCUT2D eigenvalue weighted by Crippen LogP contribution is -2.26. The molecule has 0 spiro atoms. The van der Waals surface area contributed by atoms with Crippen molar-refractivity contribution in [3.05, 3.63) is 64.6 Å². The number of nitrogens with two attached hydrogens (primary N) is 1. The fourth-order valence-electron chi connectivity index (χ4n) is 3.66. The SMILES string of the molecule is CN1CCc2cc(F)c(Nc3nnc(C(N)=O)c(Nc4ccc(C(=O)N(C)C)cc4)n3)cc2C1. The lowest BCUT2D eigenvalue weighted by molar-refractivity contribution is 0.0827. The first-order valence-electron chi connectivity index (χ1n) is 10.6. The van der Waals surface area contributed by atoms with Gasteiger partial charge in [-0.1, -0.05) is 0 Å². The van der Waals surface area contributed by atoms with Crippen LogP contribution in [0.3, 0.4) is 0 Å². The molecule has 0 bridgehead atoms. The van der Waals surface area contributed by atoms with Crippen LogP contribution in [0, 0.1) is 5.82 Å². The van der Waals surface area contributed by atoms with Crippen LogP contribution in [0.1, 0.15) is 32.0 Å². The van der Waals surface area contributed by atoms with Crippen LogP contribution >= 0.6 is 0 Å². The zero-order valence-corrected chi connectivity index (χ0v) is 19.1. The molecule has 0 fully saturated rings. The Morgan fingerprint density at radius 1 is 1.09 bits per heavy atom. The van der Waals surface area contributed by atoms with E-state index in [1.165, 1.54) is 11.0 Å². The summed E-state index contributed by atoms with van der Waals surface area (Å²) < 4.78 is 14.7. The zero-order valence-electron chi connectivity index (χ0n) is 19.1. The van der Waals surface area contributed by atoms with E-state index in [1.807, 2.05) is 7.05 Å². The molecule has 0 saturated heterocycles. The monoisotopic (exact) mass is 464 g/mol. The van der Waals surface area contributed by atoms with Gasteiger partial charge in [0, 0.05) is 38.4 Å². The van der Waals surface area contributed by atoms with Crippen molar-refractivity contribution in [1.29, 1.82) is 0 Å². The number of carbonyl (C=O) groups excluding carboxylic acids is 2. The second-order valence-corrected chi connectivity index (χ2v) is 8.31. The largest absolute Gasteiger partial charge is 0.364 e. The number of nitrogens with one attached hydrogen (secondary N) is 2. The first kappa shape index (κ1) is 23.1. The van der Waals surface area contributed by atoms with Gasteiger partial charge < -0.3 is 26.2 Å². The van der Waals surface area contributed by atoms with Crippen LogP contribution in [0.4, 0.5) is 27.5 Å². The first-order chi connectivity index (χ1) is 16.2. The molecule has 4 rings (SSSR count). The highest BCUT2D eigenvalue weighted by atomic mass is 19.1. The molecule has 11 heteroatoms. The maximum atomic E-state index is 14.7. The number of aromatic nitrogens is 3. The number of fused-ring (bicyclic) bond motifs is 1. The molecular formula is C23H25FN8O2. The summed E-state index contributed by atoms with van der Waals surface area (Å²) in [4.78, 5) is 31.8. The lowest BCUT2D eigenvalue weighted by Gasteiger charge is -2.25. The van der Waals surface area contributed by atoms with Crippen molar-refractivity contribution < 1.29 is 14.0 Å². The Hall–Kier alpha value is -4.12. The van der Waals surface area contributed by atoms with Crippen LogP contribution in [0.15, 0.2) is 36.4 Å². The number of hydrogen-bond donors (Lipinski definition) is 3. The molecule has 1 aliphatic rings. The average Bonchev–Trinajstić information content (AvgIpc) is 2.80. The van der Waals surface area contributed by atoms with E-state index < -0.39 is 11.7 Å². The van der Waals surface area contributed by atoms with Gasteiger partial charge in [0.1, 0.15) is 5.82 Å². The summed E-state index contributed by atoms with van der Waals surface area (Å²) in [7, 11) is 5.34. The van der Waals surface area contributed by atoms with Gasteiger partial charge >= 0.3 is 0 Å². The molecule has 0 radical (unpaired) electrons. The highest BCUT2D eigenvalue weighted by Crippen LogP contribution is 2.27. The van der Waals surface area contributed by atoms with Gasteiger partial charge in [0.15, 0.2) is 11.5 Å². The first-order valence-corrected chi connectivity index (χ1v) is 10.6. The summed E-state index contributed by atoms with van der Waals surface area (Å²) in [6.45, 7) is 1.59. The summed E-state index contributed by atoms with van der Waals surface area (Å²) in [6.07, 6.45) is 0.779. The van der Waals surface area contributed by atoms with Gasteiger partial charge in [-0.3, -0.25) is 9.59 Å². The van der Waals surface area contributed by atoms with Crippen LogP contribution in [0.5, 0.6) is 0 Å². The molecule has 2 amide bonds. The third-order valence-corrected chi connectivity index (χ3v) is 5.46. The van der Waals surface area contributed by atoms with E-state index in [0.717, 1.165) is 24.1 Å². The average molecular weight is 465 g/mol. The Bertz CT molecular complexity index is 1250. The molecule has 0 unspecified atom stereocenters. The minimum Gasteiger partial charge on any atom is -0.364 e. The fraction of sp³-hybridized carbons (Fsp3) is 0.261. The molecule has 2 heterocycles. The predicted molar refractivity (Wildman–Crippen MR) is 126 cm³/mol. The summed E-state index contributed by atoms with van der Waals surface area (Å²) in [5.41, 5.74) is 8.50. The number of halogens is 1. The van der Waals surface area contributed by atoms with Crippen molar-refractivity contribution in [2.24, 2.45) is 5.73 Å². The molecule has 176 valence electrons. The van der Waals surface area contributed by atoms with E-state index >= 15 is 0 Å². The van der Waals surface area contributed by atoms with Gasteiger partial charge in [0.25, 0.3) is 11.8 Å². The number of rotatable bonds is 6. The Kier molecular flexibility index (Phi) is 6.37. The standard InChI is InChI=1S/C23H25FN8O2/c1-31(2)22(34)13-4-6-16(7-5-13)26-21-19(20(25)33)29-30-23(28-21)27-18-11-15-12-32(3)9-8-14(15)10-17(18)24/h4-7,10-11H,8-9,12H2,1-3H3,(H2,25,33)(H2,26,27,28,30). The van der Waals surface area contributed by atoms with Crippen LogP contribution in [0.25, 0.3) is 0 Å². The maximum Gasteiger partial charge on any atom is 0.273 e. The van der Waals surface area contributed by atoms with E-state index in [0.29, 0.717) is 17.8 Å². The number of benzene rings is 2. The van der Waals surface area contributed by atoms with Crippen molar-refractivity contribution in [1.82, 2.24) is 25.0 Å². The number of carbonyl (C=O) groups is 2. The molecule has 4 N–H and O–H groups in total. The molecule has 2 aromatic carbocycles. The number of amides is 2. The van der Waals surface area contributed by atoms with Crippen LogP contribution < -0.4 is 16.4 Å². The van der Waals surface area contributed by atoms with Gasteiger partial charge in [-0.2, -0.15) is 4.98 Å². The highest BCUT2D eigenvalue weighted by molar-refractivity contribution is 5.96. The number of anilines is 4. The number of hydrogen-bond acceptors (Lipinski definition) is 8. The second kappa shape index (κ2) is 9.40. The van der Waals surface area contributed by atoms with Gasteiger partial charge in [-0.15, -0.1) is 10.2 Å². The maximum absolute atomic E-state index is 14.7. The molecule has 1 aromatic heterocycles. The quantitative estimate of drug-likeness (QED) is 0.507. The van der Waals surface area contributed by atoms with Crippen molar-refractivity contribution in [2.45, 2.75) is 13.0 Å².